The summed E-state index contributed by atoms with van der Waals surface area (Å²) in [5, 5.41) is 13.6. The number of hydrogen-bond donors (Lipinski definition) is 2. The number of morpholine rings is 1. The van der Waals surface area contributed by atoms with Crippen LogP contribution in [0.2, 0.25) is 0 Å². The molecule has 1 aliphatic heterocycles. The van der Waals surface area contributed by atoms with E-state index in [2.05, 4.69) is 20.2 Å². The first kappa shape index (κ1) is 18.0. The number of hydrogen-bond acceptors (Lipinski definition) is 8. The SMILES string of the molecule is OCCCNc1ncnc2c1sc1nc(N3CCOCC3)c3c(c12)CCCC3. The summed E-state index contributed by atoms with van der Waals surface area (Å²) in [4.78, 5) is 17.7. The molecule has 0 amide bonds. The van der Waals surface area contributed by atoms with Crippen molar-refractivity contribution in [2.75, 3.05) is 49.7 Å². The van der Waals surface area contributed by atoms with Gasteiger partial charge in [-0.3, -0.25) is 0 Å². The third kappa shape index (κ3) is 3.09. The van der Waals surface area contributed by atoms with Crippen LogP contribution in [-0.4, -0.2) is 59.5 Å². The summed E-state index contributed by atoms with van der Waals surface area (Å²) in [6.07, 6.45) is 6.97. The minimum atomic E-state index is 0.172. The van der Waals surface area contributed by atoms with E-state index in [0.29, 0.717) is 13.0 Å². The fourth-order valence-electron chi connectivity index (χ4n) is 4.29. The van der Waals surface area contributed by atoms with E-state index >= 15 is 0 Å². The van der Waals surface area contributed by atoms with Gasteiger partial charge < -0.3 is 20.1 Å². The number of rotatable bonds is 5. The van der Waals surface area contributed by atoms with Crippen LogP contribution < -0.4 is 10.2 Å². The molecule has 0 bridgehead atoms. The fourth-order valence-corrected chi connectivity index (χ4v) is 5.41. The predicted octanol–water partition coefficient (Wildman–Crippen LogP) is 2.75. The molecule has 3 aromatic rings. The van der Waals surface area contributed by atoms with Gasteiger partial charge in [-0.05, 0) is 43.2 Å². The van der Waals surface area contributed by atoms with Crippen LogP contribution in [0.4, 0.5) is 11.6 Å². The second kappa shape index (κ2) is 7.77. The zero-order valence-corrected chi connectivity index (χ0v) is 16.7. The molecule has 0 spiro atoms. The lowest BCUT2D eigenvalue weighted by molar-refractivity contribution is 0.122. The highest BCUT2D eigenvalue weighted by atomic mass is 32.1. The van der Waals surface area contributed by atoms with Crippen molar-refractivity contribution in [1.29, 1.82) is 0 Å². The normalized spacial score (nSPS) is 17.2. The van der Waals surface area contributed by atoms with E-state index in [4.69, 9.17) is 14.8 Å². The molecule has 28 heavy (non-hydrogen) atoms. The fraction of sp³-hybridized carbons (Fsp3) is 0.550. The van der Waals surface area contributed by atoms with E-state index in [-0.39, 0.29) is 6.61 Å². The molecule has 0 radical (unpaired) electrons. The number of ether oxygens (including phenoxy) is 1. The van der Waals surface area contributed by atoms with Crippen molar-refractivity contribution in [2.45, 2.75) is 32.1 Å². The maximum absolute atomic E-state index is 9.06. The highest BCUT2D eigenvalue weighted by Crippen LogP contribution is 2.42. The Morgan fingerprint density at radius 2 is 1.96 bits per heavy atom. The van der Waals surface area contributed by atoms with E-state index in [1.165, 1.54) is 29.4 Å². The van der Waals surface area contributed by atoms with Gasteiger partial charge in [-0.2, -0.15) is 0 Å². The molecule has 0 atom stereocenters. The zero-order chi connectivity index (χ0) is 18.9. The largest absolute Gasteiger partial charge is 0.396 e. The smallest absolute Gasteiger partial charge is 0.147 e. The Kier molecular flexibility index (Phi) is 5.00. The quantitative estimate of drug-likeness (QED) is 0.638. The molecule has 8 heteroatoms. The average Bonchev–Trinajstić information content (AvgIpc) is 3.14. The van der Waals surface area contributed by atoms with Gasteiger partial charge in [0.25, 0.3) is 0 Å². The zero-order valence-electron chi connectivity index (χ0n) is 15.9. The van der Waals surface area contributed by atoms with Crippen molar-refractivity contribution in [1.82, 2.24) is 15.0 Å². The Balaban J connectivity index is 1.68. The van der Waals surface area contributed by atoms with E-state index in [1.54, 1.807) is 17.7 Å². The van der Waals surface area contributed by atoms with Gasteiger partial charge in [0.2, 0.25) is 0 Å². The molecule has 148 valence electrons. The number of aliphatic hydroxyl groups is 1. The van der Waals surface area contributed by atoms with Crippen LogP contribution in [0.3, 0.4) is 0 Å². The molecule has 0 aromatic carbocycles. The number of aromatic nitrogens is 3. The van der Waals surface area contributed by atoms with Crippen molar-refractivity contribution in [2.24, 2.45) is 0 Å². The Bertz CT molecular complexity index is 999. The lowest BCUT2D eigenvalue weighted by Crippen LogP contribution is -2.37. The number of nitrogens with zero attached hydrogens (tertiary/aromatic N) is 4. The first-order valence-electron chi connectivity index (χ1n) is 10.1. The summed E-state index contributed by atoms with van der Waals surface area (Å²) < 4.78 is 6.62. The van der Waals surface area contributed by atoms with Crippen LogP contribution in [0.5, 0.6) is 0 Å². The maximum atomic E-state index is 9.06. The van der Waals surface area contributed by atoms with E-state index in [9.17, 15) is 0 Å². The lowest BCUT2D eigenvalue weighted by atomic mass is 9.90. The van der Waals surface area contributed by atoms with Gasteiger partial charge in [-0.1, -0.05) is 0 Å². The highest BCUT2D eigenvalue weighted by Gasteiger charge is 2.26. The Morgan fingerprint density at radius 1 is 1.14 bits per heavy atom. The Morgan fingerprint density at radius 3 is 2.79 bits per heavy atom. The standard InChI is InChI=1S/C20H25N5O2S/c26-9-3-6-21-18-17-16(22-12-23-18)15-13-4-1-2-5-14(13)19(24-20(15)28-17)25-7-10-27-11-8-25/h12,26H,1-11H2,(H,21,22,23). The van der Waals surface area contributed by atoms with E-state index < -0.39 is 0 Å². The molecule has 2 N–H and O–H groups in total. The topological polar surface area (TPSA) is 83.4 Å². The molecular formula is C20H25N5O2S. The van der Waals surface area contributed by atoms with Gasteiger partial charge in [0, 0.05) is 31.6 Å². The van der Waals surface area contributed by atoms with Crippen LogP contribution in [0.25, 0.3) is 20.4 Å². The number of aliphatic hydroxyl groups excluding tert-OH is 1. The van der Waals surface area contributed by atoms with Crippen LogP contribution in [0.15, 0.2) is 6.33 Å². The third-order valence-electron chi connectivity index (χ3n) is 5.64. The molecule has 4 heterocycles. The monoisotopic (exact) mass is 399 g/mol. The summed E-state index contributed by atoms with van der Waals surface area (Å²) >= 11 is 1.68. The first-order valence-corrected chi connectivity index (χ1v) is 10.9. The summed E-state index contributed by atoms with van der Waals surface area (Å²) in [7, 11) is 0. The molecule has 5 rings (SSSR count). The second-order valence-electron chi connectivity index (χ2n) is 7.39. The van der Waals surface area contributed by atoms with E-state index in [0.717, 1.165) is 65.8 Å². The Labute approximate surface area is 167 Å². The maximum Gasteiger partial charge on any atom is 0.147 e. The molecule has 2 aliphatic rings. The average molecular weight is 400 g/mol. The molecule has 7 nitrogen and oxygen atoms in total. The predicted molar refractivity (Wildman–Crippen MR) is 113 cm³/mol. The van der Waals surface area contributed by atoms with Gasteiger partial charge in [0.05, 0.1) is 23.4 Å². The van der Waals surface area contributed by atoms with Gasteiger partial charge in [-0.15, -0.1) is 11.3 Å². The van der Waals surface area contributed by atoms with Crippen molar-refractivity contribution in [3.8, 4) is 0 Å². The molecule has 0 unspecified atom stereocenters. The molecule has 3 aromatic heterocycles. The van der Waals surface area contributed by atoms with Gasteiger partial charge in [0.15, 0.2) is 0 Å². The van der Waals surface area contributed by atoms with Gasteiger partial charge >= 0.3 is 0 Å². The number of aryl methyl sites for hydroxylation is 1. The van der Waals surface area contributed by atoms with Crippen molar-refractivity contribution in [3.05, 3.63) is 17.5 Å². The molecule has 1 aliphatic carbocycles. The Hall–Kier alpha value is -2.03. The summed E-state index contributed by atoms with van der Waals surface area (Å²) in [5.41, 5.74) is 3.86. The van der Waals surface area contributed by atoms with Gasteiger partial charge in [0.1, 0.15) is 22.8 Å². The summed E-state index contributed by atoms with van der Waals surface area (Å²) in [6.45, 7) is 4.22. The highest BCUT2D eigenvalue weighted by molar-refractivity contribution is 7.26. The first-order chi connectivity index (χ1) is 13.9. The number of pyridine rings is 1. The molecule has 0 saturated carbocycles. The summed E-state index contributed by atoms with van der Waals surface area (Å²) in [6, 6.07) is 0. The van der Waals surface area contributed by atoms with Crippen molar-refractivity contribution < 1.29 is 9.84 Å². The molecular weight excluding hydrogens is 374 g/mol. The molecule has 1 saturated heterocycles. The van der Waals surface area contributed by atoms with Gasteiger partial charge in [-0.25, -0.2) is 15.0 Å². The van der Waals surface area contributed by atoms with Crippen molar-refractivity contribution >= 4 is 43.4 Å². The van der Waals surface area contributed by atoms with E-state index in [1.807, 2.05) is 0 Å². The van der Waals surface area contributed by atoms with Crippen LogP contribution in [0, 0.1) is 0 Å². The lowest BCUT2D eigenvalue weighted by Gasteiger charge is -2.31. The number of anilines is 2. The second-order valence-corrected chi connectivity index (χ2v) is 8.38. The minimum Gasteiger partial charge on any atom is -0.396 e. The number of nitrogens with one attached hydrogen (secondary N) is 1. The van der Waals surface area contributed by atoms with Crippen LogP contribution in [0.1, 0.15) is 30.4 Å². The number of fused-ring (bicyclic) bond motifs is 5. The van der Waals surface area contributed by atoms with Crippen LogP contribution >= 0.6 is 11.3 Å². The van der Waals surface area contributed by atoms with Crippen molar-refractivity contribution in [3.63, 3.8) is 0 Å². The van der Waals surface area contributed by atoms with Crippen LogP contribution in [-0.2, 0) is 17.6 Å². The molecule has 1 fully saturated rings. The third-order valence-corrected chi connectivity index (χ3v) is 6.72. The summed E-state index contributed by atoms with van der Waals surface area (Å²) in [5.74, 6) is 2.00. The number of thiophene rings is 1. The minimum absolute atomic E-state index is 0.172.